The number of carbonyl (C=O) groups excluding carboxylic acids is 2. The first kappa shape index (κ1) is 17.1. The molecule has 2 atom stereocenters. The van der Waals surface area contributed by atoms with Gasteiger partial charge in [-0.25, -0.2) is 0 Å². The molecule has 1 N–H and O–H groups in total. The molecule has 1 aliphatic heterocycles. The number of hydrogen-bond acceptors (Lipinski definition) is 3. The number of benzene rings is 1. The standard InChI is InChI=1S/C16H17F3N2O2S/c1-9(14(23)20-12-6-7-12)21-13(22)8-24-15(21)10-2-4-11(5-3-10)16(17,18)19/h2-5,9,12,15H,6-8H2,1H3,(H,20,23). The highest BCUT2D eigenvalue weighted by atomic mass is 32.2. The molecule has 130 valence electrons. The minimum atomic E-state index is -4.39. The molecule has 3 rings (SSSR count). The molecule has 0 aromatic heterocycles. The van der Waals surface area contributed by atoms with Crippen LogP contribution in [0.25, 0.3) is 0 Å². The van der Waals surface area contributed by atoms with E-state index in [4.69, 9.17) is 0 Å². The Labute approximate surface area is 141 Å². The first-order valence-electron chi connectivity index (χ1n) is 7.67. The smallest absolute Gasteiger partial charge is 0.352 e. The molecular weight excluding hydrogens is 341 g/mol. The zero-order valence-electron chi connectivity index (χ0n) is 13.0. The molecule has 2 amide bonds. The van der Waals surface area contributed by atoms with Gasteiger partial charge < -0.3 is 10.2 Å². The lowest BCUT2D eigenvalue weighted by Gasteiger charge is -2.29. The van der Waals surface area contributed by atoms with E-state index in [9.17, 15) is 22.8 Å². The van der Waals surface area contributed by atoms with Gasteiger partial charge in [0.2, 0.25) is 11.8 Å². The molecule has 1 aromatic carbocycles. The Bertz CT molecular complexity index is 644. The summed E-state index contributed by atoms with van der Waals surface area (Å²) in [5.41, 5.74) is -0.142. The van der Waals surface area contributed by atoms with Crippen molar-refractivity contribution in [3.8, 4) is 0 Å². The Morgan fingerprint density at radius 3 is 2.46 bits per heavy atom. The Hall–Kier alpha value is -1.70. The van der Waals surface area contributed by atoms with Gasteiger partial charge in [0.1, 0.15) is 11.4 Å². The van der Waals surface area contributed by atoms with Crippen molar-refractivity contribution >= 4 is 23.6 Å². The van der Waals surface area contributed by atoms with Gasteiger partial charge in [0.05, 0.1) is 11.3 Å². The zero-order valence-corrected chi connectivity index (χ0v) is 13.8. The second-order valence-electron chi connectivity index (χ2n) is 6.04. The topological polar surface area (TPSA) is 49.4 Å². The van der Waals surface area contributed by atoms with Crippen molar-refractivity contribution in [2.45, 2.75) is 43.4 Å². The summed E-state index contributed by atoms with van der Waals surface area (Å²) in [7, 11) is 0. The van der Waals surface area contributed by atoms with Gasteiger partial charge in [0.25, 0.3) is 0 Å². The summed E-state index contributed by atoms with van der Waals surface area (Å²) in [4.78, 5) is 25.9. The van der Waals surface area contributed by atoms with E-state index in [0.29, 0.717) is 5.56 Å². The molecular formula is C16H17F3N2O2S. The normalized spacial score (nSPS) is 22.6. The highest BCUT2D eigenvalue weighted by molar-refractivity contribution is 8.00. The average molecular weight is 358 g/mol. The minimum Gasteiger partial charge on any atom is -0.352 e. The Morgan fingerprint density at radius 2 is 1.92 bits per heavy atom. The second kappa shape index (κ2) is 6.31. The summed E-state index contributed by atoms with van der Waals surface area (Å²) in [6.07, 6.45) is -2.50. The van der Waals surface area contributed by atoms with Crippen LogP contribution in [-0.4, -0.2) is 34.6 Å². The van der Waals surface area contributed by atoms with Crippen molar-refractivity contribution in [2.75, 3.05) is 5.75 Å². The van der Waals surface area contributed by atoms with Crippen molar-refractivity contribution in [3.63, 3.8) is 0 Å². The molecule has 4 nitrogen and oxygen atoms in total. The van der Waals surface area contributed by atoms with Crippen molar-refractivity contribution in [2.24, 2.45) is 0 Å². The number of rotatable bonds is 4. The van der Waals surface area contributed by atoms with Gasteiger partial charge >= 0.3 is 6.18 Å². The van der Waals surface area contributed by atoms with Gasteiger partial charge in [-0.15, -0.1) is 11.8 Å². The summed E-state index contributed by atoms with van der Waals surface area (Å²) in [6, 6.07) is 4.29. The van der Waals surface area contributed by atoms with Gasteiger partial charge in [-0.05, 0) is 37.5 Å². The largest absolute Gasteiger partial charge is 0.416 e. The fourth-order valence-electron chi connectivity index (χ4n) is 2.62. The summed E-state index contributed by atoms with van der Waals surface area (Å²) in [5, 5.41) is 2.42. The summed E-state index contributed by atoms with van der Waals surface area (Å²) >= 11 is 1.32. The molecule has 1 aliphatic carbocycles. The Morgan fingerprint density at radius 1 is 1.29 bits per heavy atom. The maximum absolute atomic E-state index is 12.7. The molecule has 0 bridgehead atoms. The number of thioether (sulfide) groups is 1. The predicted octanol–water partition coefficient (Wildman–Crippen LogP) is 2.95. The maximum atomic E-state index is 12.7. The van der Waals surface area contributed by atoms with Crippen molar-refractivity contribution in [3.05, 3.63) is 35.4 Å². The van der Waals surface area contributed by atoms with Gasteiger partial charge in [-0.1, -0.05) is 12.1 Å². The van der Waals surface area contributed by atoms with Crippen LogP contribution in [0, 0.1) is 0 Å². The molecule has 2 fully saturated rings. The van der Waals surface area contributed by atoms with Crippen LogP contribution in [-0.2, 0) is 15.8 Å². The molecule has 1 aromatic rings. The molecule has 8 heteroatoms. The van der Waals surface area contributed by atoms with Gasteiger partial charge in [0.15, 0.2) is 0 Å². The van der Waals surface area contributed by atoms with E-state index >= 15 is 0 Å². The average Bonchev–Trinajstić information content (AvgIpc) is 3.25. The van der Waals surface area contributed by atoms with Crippen LogP contribution in [0.3, 0.4) is 0 Å². The fourth-order valence-corrected chi connectivity index (χ4v) is 3.88. The summed E-state index contributed by atoms with van der Waals surface area (Å²) < 4.78 is 38.0. The lowest BCUT2D eigenvalue weighted by molar-refractivity contribution is -0.138. The molecule has 1 saturated carbocycles. The highest BCUT2D eigenvalue weighted by Gasteiger charge is 2.40. The highest BCUT2D eigenvalue weighted by Crippen LogP contribution is 2.41. The van der Waals surface area contributed by atoms with E-state index in [2.05, 4.69) is 5.32 Å². The van der Waals surface area contributed by atoms with Crippen LogP contribution in [0.15, 0.2) is 24.3 Å². The van der Waals surface area contributed by atoms with Crippen molar-refractivity contribution in [1.82, 2.24) is 10.2 Å². The molecule has 1 heterocycles. The third kappa shape index (κ3) is 3.53. The molecule has 0 spiro atoms. The lowest BCUT2D eigenvalue weighted by Crippen LogP contribution is -2.47. The number of halogens is 3. The van der Waals surface area contributed by atoms with Crippen molar-refractivity contribution in [1.29, 1.82) is 0 Å². The number of hydrogen-bond donors (Lipinski definition) is 1. The van der Waals surface area contributed by atoms with Gasteiger partial charge in [-0.2, -0.15) is 13.2 Å². The first-order chi connectivity index (χ1) is 11.3. The molecule has 24 heavy (non-hydrogen) atoms. The number of nitrogens with one attached hydrogen (secondary N) is 1. The molecule has 2 unspecified atom stereocenters. The predicted molar refractivity (Wildman–Crippen MR) is 84.1 cm³/mol. The van der Waals surface area contributed by atoms with E-state index in [0.717, 1.165) is 25.0 Å². The minimum absolute atomic E-state index is 0.177. The maximum Gasteiger partial charge on any atom is 0.416 e. The van der Waals surface area contributed by atoms with Crippen LogP contribution in [0.4, 0.5) is 13.2 Å². The van der Waals surface area contributed by atoms with E-state index < -0.39 is 23.2 Å². The summed E-state index contributed by atoms with van der Waals surface area (Å²) in [6.45, 7) is 1.65. The van der Waals surface area contributed by atoms with E-state index in [-0.39, 0.29) is 23.6 Å². The van der Waals surface area contributed by atoms with Crippen LogP contribution < -0.4 is 5.32 Å². The number of alkyl halides is 3. The molecule has 1 saturated heterocycles. The Balaban J connectivity index is 1.78. The van der Waals surface area contributed by atoms with E-state index in [1.807, 2.05) is 0 Å². The first-order valence-corrected chi connectivity index (χ1v) is 8.72. The Kier molecular flexibility index (Phi) is 4.50. The van der Waals surface area contributed by atoms with Gasteiger partial charge in [-0.3, -0.25) is 9.59 Å². The monoisotopic (exact) mass is 358 g/mol. The fraction of sp³-hybridized carbons (Fsp3) is 0.500. The lowest BCUT2D eigenvalue weighted by atomic mass is 10.1. The molecule has 2 aliphatic rings. The van der Waals surface area contributed by atoms with E-state index in [1.165, 1.54) is 28.8 Å². The third-order valence-electron chi connectivity index (χ3n) is 4.15. The van der Waals surface area contributed by atoms with Crippen LogP contribution in [0.2, 0.25) is 0 Å². The molecule has 0 radical (unpaired) electrons. The number of nitrogens with zero attached hydrogens (tertiary/aromatic N) is 1. The van der Waals surface area contributed by atoms with E-state index in [1.54, 1.807) is 6.92 Å². The van der Waals surface area contributed by atoms with Crippen LogP contribution in [0.1, 0.15) is 36.3 Å². The number of amides is 2. The number of carbonyl (C=O) groups is 2. The van der Waals surface area contributed by atoms with Crippen LogP contribution in [0.5, 0.6) is 0 Å². The van der Waals surface area contributed by atoms with Crippen LogP contribution >= 0.6 is 11.8 Å². The van der Waals surface area contributed by atoms with Crippen molar-refractivity contribution < 1.29 is 22.8 Å². The van der Waals surface area contributed by atoms with Gasteiger partial charge in [0, 0.05) is 6.04 Å². The summed E-state index contributed by atoms with van der Waals surface area (Å²) in [5.74, 6) is -0.180. The zero-order chi connectivity index (χ0) is 17.5. The second-order valence-corrected chi connectivity index (χ2v) is 7.11. The quantitative estimate of drug-likeness (QED) is 0.900. The SMILES string of the molecule is CC(C(=O)NC1CC1)N1C(=O)CSC1c1ccc(C(F)(F)F)cc1. The third-order valence-corrected chi connectivity index (χ3v) is 5.38.